The van der Waals surface area contributed by atoms with E-state index in [1.165, 1.54) is 11.1 Å². The molecule has 0 saturated heterocycles. The molecular formula is C23H29N3O3. The first-order valence-corrected chi connectivity index (χ1v) is 10.0. The van der Waals surface area contributed by atoms with Crippen LogP contribution < -0.4 is 20.7 Å². The van der Waals surface area contributed by atoms with Crippen LogP contribution in [0, 0.1) is 5.92 Å². The largest absolute Gasteiger partial charge is 0.497 e. The van der Waals surface area contributed by atoms with Crippen molar-refractivity contribution in [3.63, 3.8) is 0 Å². The molecule has 0 saturated carbocycles. The molecule has 1 aliphatic heterocycles. The average Bonchev–Trinajstić information content (AvgIpc) is 2.73. The molecule has 1 aliphatic rings. The van der Waals surface area contributed by atoms with Crippen LogP contribution in [0.25, 0.3) is 0 Å². The first-order chi connectivity index (χ1) is 14.0. The van der Waals surface area contributed by atoms with Gasteiger partial charge in [0.05, 0.1) is 13.2 Å². The van der Waals surface area contributed by atoms with Crippen molar-refractivity contribution in [2.75, 3.05) is 12.4 Å². The second-order valence-electron chi connectivity index (χ2n) is 7.81. The third-order valence-electron chi connectivity index (χ3n) is 5.10. The molecule has 0 bridgehead atoms. The molecule has 0 fully saturated rings. The van der Waals surface area contributed by atoms with Gasteiger partial charge in [0.15, 0.2) is 0 Å². The number of methoxy groups -OCH3 is 1. The Morgan fingerprint density at radius 3 is 2.45 bits per heavy atom. The fourth-order valence-electron chi connectivity index (χ4n) is 3.52. The fourth-order valence-corrected chi connectivity index (χ4v) is 3.52. The molecule has 2 amide bonds. The van der Waals surface area contributed by atoms with Gasteiger partial charge in [0.25, 0.3) is 0 Å². The van der Waals surface area contributed by atoms with Crippen molar-refractivity contribution in [2.45, 2.75) is 45.3 Å². The fraction of sp³-hybridized carbons (Fsp3) is 0.391. The summed E-state index contributed by atoms with van der Waals surface area (Å²) in [7, 11) is 1.60. The predicted molar refractivity (Wildman–Crippen MR) is 114 cm³/mol. The van der Waals surface area contributed by atoms with Gasteiger partial charge in [0.2, 0.25) is 11.8 Å². The van der Waals surface area contributed by atoms with Gasteiger partial charge < -0.3 is 20.7 Å². The lowest BCUT2D eigenvalue weighted by Crippen LogP contribution is -2.53. The van der Waals surface area contributed by atoms with E-state index < -0.39 is 6.04 Å². The van der Waals surface area contributed by atoms with Gasteiger partial charge in [-0.2, -0.15) is 0 Å². The Morgan fingerprint density at radius 2 is 1.79 bits per heavy atom. The van der Waals surface area contributed by atoms with E-state index in [2.05, 4.69) is 28.1 Å². The SMILES string of the molecule is COc1ccc(NC(=O)C(CC(C)C)NC(=O)C2Cc3ccccc3CN2)cc1. The summed E-state index contributed by atoms with van der Waals surface area (Å²) >= 11 is 0. The Morgan fingerprint density at radius 1 is 1.10 bits per heavy atom. The Kier molecular flexibility index (Phi) is 6.88. The molecule has 0 aliphatic carbocycles. The normalized spacial score (nSPS) is 16.6. The van der Waals surface area contributed by atoms with E-state index in [0.29, 0.717) is 25.1 Å². The lowest BCUT2D eigenvalue weighted by molar-refractivity contribution is -0.128. The van der Waals surface area contributed by atoms with Gasteiger partial charge in [-0.3, -0.25) is 9.59 Å². The van der Waals surface area contributed by atoms with Crippen LogP contribution in [-0.2, 0) is 22.6 Å². The molecule has 1 heterocycles. The molecule has 6 nitrogen and oxygen atoms in total. The van der Waals surface area contributed by atoms with E-state index in [0.717, 1.165) is 5.75 Å². The minimum absolute atomic E-state index is 0.143. The minimum atomic E-state index is -0.594. The lowest BCUT2D eigenvalue weighted by Gasteiger charge is -2.28. The number of fused-ring (bicyclic) bond motifs is 1. The minimum Gasteiger partial charge on any atom is -0.497 e. The quantitative estimate of drug-likeness (QED) is 0.674. The maximum atomic E-state index is 12.9. The van der Waals surface area contributed by atoms with Crippen LogP contribution in [0.1, 0.15) is 31.4 Å². The van der Waals surface area contributed by atoms with Crippen molar-refractivity contribution in [3.8, 4) is 5.75 Å². The summed E-state index contributed by atoms with van der Waals surface area (Å²) in [5.74, 6) is 0.629. The number of rotatable bonds is 7. The highest BCUT2D eigenvalue weighted by molar-refractivity contribution is 5.98. The summed E-state index contributed by atoms with van der Waals surface area (Å²) in [6.07, 6.45) is 1.19. The molecule has 0 radical (unpaired) electrons. The third kappa shape index (κ3) is 5.57. The molecule has 2 aromatic rings. The number of carbonyl (C=O) groups excluding carboxylic acids is 2. The second kappa shape index (κ2) is 9.56. The maximum Gasteiger partial charge on any atom is 0.246 e. The molecule has 0 aromatic heterocycles. The second-order valence-corrected chi connectivity index (χ2v) is 7.81. The Hall–Kier alpha value is -2.86. The molecule has 154 valence electrons. The van der Waals surface area contributed by atoms with Crippen LogP contribution in [0.5, 0.6) is 5.75 Å². The van der Waals surface area contributed by atoms with Crippen molar-refractivity contribution in [1.29, 1.82) is 0 Å². The molecule has 3 rings (SSSR count). The van der Waals surface area contributed by atoms with E-state index in [1.807, 2.05) is 26.0 Å². The molecule has 2 unspecified atom stereocenters. The van der Waals surface area contributed by atoms with Gasteiger partial charge >= 0.3 is 0 Å². The highest BCUT2D eigenvalue weighted by Gasteiger charge is 2.28. The van der Waals surface area contributed by atoms with E-state index >= 15 is 0 Å². The molecule has 3 N–H and O–H groups in total. The zero-order chi connectivity index (χ0) is 20.8. The standard InChI is InChI=1S/C23H29N3O3/c1-15(2)12-21(23(28)25-18-8-10-19(29-3)11-9-18)26-22(27)20-13-16-6-4-5-7-17(16)14-24-20/h4-11,15,20-21,24H,12-14H2,1-3H3,(H,25,28)(H,26,27). The van der Waals surface area contributed by atoms with Gasteiger partial charge in [-0.15, -0.1) is 0 Å². The van der Waals surface area contributed by atoms with E-state index in [1.54, 1.807) is 31.4 Å². The Balaban J connectivity index is 1.64. The number of benzene rings is 2. The number of carbonyl (C=O) groups is 2. The first-order valence-electron chi connectivity index (χ1n) is 10.0. The van der Waals surface area contributed by atoms with Gasteiger partial charge in [-0.05, 0) is 54.2 Å². The summed E-state index contributed by atoms with van der Waals surface area (Å²) in [5.41, 5.74) is 3.06. The average molecular weight is 396 g/mol. The van der Waals surface area contributed by atoms with Crippen molar-refractivity contribution >= 4 is 17.5 Å². The van der Waals surface area contributed by atoms with Gasteiger partial charge in [0.1, 0.15) is 11.8 Å². The molecule has 2 atom stereocenters. The van der Waals surface area contributed by atoms with Crippen molar-refractivity contribution < 1.29 is 14.3 Å². The number of ether oxygens (including phenoxy) is 1. The number of hydrogen-bond donors (Lipinski definition) is 3. The predicted octanol–water partition coefficient (Wildman–Crippen LogP) is 2.88. The summed E-state index contributed by atoms with van der Waals surface area (Å²) in [6.45, 7) is 4.73. The summed E-state index contributed by atoms with van der Waals surface area (Å²) in [4.78, 5) is 25.7. The summed E-state index contributed by atoms with van der Waals surface area (Å²) in [6, 6.07) is 14.3. The summed E-state index contributed by atoms with van der Waals surface area (Å²) in [5, 5.41) is 9.12. The maximum absolute atomic E-state index is 12.9. The van der Waals surface area contributed by atoms with Crippen LogP contribution in [0.15, 0.2) is 48.5 Å². The Labute approximate surface area is 172 Å². The highest BCUT2D eigenvalue weighted by Crippen LogP contribution is 2.18. The van der Waals surface area contributed by atoms with Crippen molar-refractivity contribution in [3.05, 3.63) is 59.7 Å². The molecule has 2 aromatic carbocycles. The number of amides is 2. The third-order valence-corrected chi connectivity index (χ3v) is 5.10. The zero-order valence-corrected chi connectivity index (χ0v) is 17.2. The molecule has 0 spiro atoms. The van der Waals surface area contributed by atoms with Gasteiger partial charge in [0, 0.05) is 12.2 Å². The van der Waals surface area contributed by atoms with Gasteiger partial charge in [-0.25, -0.2) is 0 Å². The van der Waals surface area contributed by atoms with Crippen LogP contribution >= 0.6 is 0 Å². The van der Waals surface area contributed by atoms with E-state index in [4.69, 9.17) is 4.74 Å². The molecule has 6 heteroatoms. The van der Waals surface area contributed by atoms with Crippen LogP contribution in [0.2, 0.25) is 0 Å². The van der Waals surface area contributed by atoms with Gasteiger partial charge in [-0.1, -0.05) is 38.1 Å². The molecule has 29 heavy (non-hydrogen) atoms. The number of anilines is 1. The summed E-state index contributed by atoms with van der Waals surface area (Å²) < 4.78 is 5.14. The first kappa shape index (κ1) is 20.9. The Bertz CT molecular complexity index is 849. The highest BCUT2D eigenvalue weighted by atomic mass is 16.5. The number of nitrogens with one attached hydrogen (secondary N) is 3. The van der Waals surface area contributed by atoms with E-state index in [-0.39, 0.29) is 23.8 Å². The van der Waals surface area contributed by atoms with E-state index in [9.17, 15) is 9.59 Å². The zero-order valence-electron chi connectivity index (χ0n) is 17.2. The topological polar surface area (TPSA) is 79.5 Å². The van der Waals surface area contributed by atoms with Crippen molar-refractivity contribution in [2.24, 2.45) is 5.92 Å². The number of hydrogen-bond acceptors (Lipinski definition) is 4. The lowest BCUT2D eigenvalue weighted by atomic mass is 9.95. The van der Waals surface area contributed by atoms with Crippen molar-refractivity contribution in [1.82, 2.24) is 10.6 Å². The monoisotopic (exact) mass is 395 g/mol. The molecular weight excluding hydrogens is 366 g/mol. The van der Waals surface area contributed by atoms with Crippen LogP contribution in [0.3, 0.4) is 0 Å². The van der Waals surface area contributed by atoms with Crippen LogP contribution in [0.4, 0.5) is 5.69 Å². The van der Waals surface area contributed by atoms with Crippen LogP contribution in [-0.4, -0.2) is 31.0 Å². The smallest absolute Gasteiger partial charge is 0.246 e.